The highest BCUT2D eigenvalue weighted by atomic mass is 32.1. The van der Waals surface area contributed by atoms with Crippen LogP contribution in [-0.4, -0.2) is 39.1 Å². The molecule has 18 heavy (non-hydrogen) atoms. The van der Waals surface area contributed by atoms with E-state index in [1.807, 2.05) is 23.1 Å². The molecule has 94 valence electrons. The molecule has 0 bridgehead atoms. The van der Waals surface area contributed by atoms with Crippen LogP contribution in [0.15, 0.2) is 24.5 Å². The zero-order valence-electron chi connectivity index (χ0n) is 9.97. The Morgan fingerprint density at radius 2 is 2.17 bits per heavy atom. The number of likely N-dealkylation sites (tertiary alicyclic amines) is 1. The lowest BCUT2D eigenvalue weighted by molar-refractivity contribution is 0.0729. The number of aromatic nitrogens is 2. The van der Waals surface area contributed by atoms with Gasteiger partial charge in [-0.2, -0.15) is 12.6 Å². The minimum absolute atomic E-state index is 0.0768. The van der Waals surface area contributed by atoms with Crippen molar-refractivity contribution < 1.29 is 4.79 Å². The van der Waals surface area contributed by atoms with Crippen molar-refractivity contribution in [3.8, 4) is 0 Å². The number of aromatic amines is 1. The largest absolute Gasteiger partial charge is 0.345 e. The first-order chi connectivity index (χ1) is 8.75. The molecular formula is C13H15N3OS. The van der Waals surface area contributed by atoms with Crippen molar-refractivity contribution >= 4 is 29.6 Å². The van der Waals surface area contributed by atoms with Gasteiger partial charge in [0.05, 0.1) is 17.4 Å². The Labute approximate surface area is 111 Å². The molecule has 5 heteroatoms. The second kappa shape index (κ2) is 4.65. The molecule has 1 aromatic carbocycles. The second-order valence-corrected chi connectivity index (χ2v) is 5.36. The molecule has 1 aliphatic rings. The molecule has 0 atom stereocenters. The van der Waals surface area contributed by atoms with E-state index in [1.54, 1.807) is 6.33 Å². The number of amides is 1. The van der Waals surface area contributed by atoms with Crippen LogP contribution in [0.4, 0.5) is 0 Å². The molecule has 0 aliphatic carbocycles. The summed E-state index contributed by atoms with van der Waals surface area (Å²) in [6, 6.07) is 5.66. The zero-order chi connectivity index (χ0) is 12.5. The first-order valence-corrected chi connectivity index (χ1v) is 6.67. The quantitative estimate of drug-likeness (QED) is 0.772. The van der Waals surface area contributed by atoms with Gasteiger partial charge in [-0.15, -0.1) is 0 Å². The van der Waals surface area contributed by atoms with Crippen molar-refractivity contribution in [1.82, 2.24) is 14.9 Å². The maximum Gasteiger partial charge on any atom is 0.256 e. The van der Waals surface area contributed by atoms with Crippen LogP contribution in [0.5, 0.6) is 0 Å². The van der Waals surface area contributed by atoms with E-state index >= 15 is 0 Å². The molecule has 0 unspecified atom stereocenters. The number of H-pyrrole nitrogens is 1. The van der Waals surface area contributed by atoms with Gasteiger partial charge in [0.1, 0.15) is 5.52 Å². The zero-order valence-corrected chi connectivity index (χ0v) is 10.9. The predicted octanol–water partition coefficient (Wildman–Crippen LogP) is 2.10. The van der Waals surface area contributed by atoms with Crippen LogP contribution >= 0.6 is 12.6 Å². The van der Waals surface area contributed by atoms with Crippen LogP contribution in [0.2, 0.25) is 0 Å². The third-order valence-electron chi connectivity index (χ3n) is 3.43. The molecule has 1 amide bonds. The van der Waals surface area contributed by atoms with Crippen molar-refractivity contribution in [3.05, 3.63) is 30.1 Å². The third kappa shape index (κ3) is 1.99. The van der Waals surface area contributed by atoms with E-state index < -0.39 is 0 Å². The lowest BCUT2D eigenvalue weighted by atomic mass is 10.1. The van der Waals surface area contributed by atoms with Gasteiger partial charge in [-0.3, -0.25) is 4.79 Å². The van der Waals surface area contributed by atoms with Crippen LogP contribution in [-0.2, 0) is 0 Å². The number of nitrogens with zero attached hydrogens (tertiary/aromatic N) is 2. The van der Waals surface area contributed by atoms with Gasteiger partial charge in [0, 0.05) is 18.3 Å². The number of carbonyl (C=O) groups is 1. The Morgan fingerprint density at radius 3 is 2.94 bits per heavy atom. The average Bonchev–Trinajstić information content (AvgIpc) is 2.87. The number of thiol groups is 1. The van der Waals surface area contributed by atoms with Crippen LogP contribution in [0.3, 0.4) is 0 Å². The van der Waals surface area contributed by atoms with Crippen molar-refractivity contribution in [3.63, 3.8) is 0 Å². The average molecular weight is 261 g/mol. The molecule has 1 aromatic heterocycles. The van der Waals surface area contributed by atoms with Gasteiger partial charge in [-0.1, -0.05) is 6.07 Å². The normalized spacial score (nSPS) is 17.3. The Morgan fingerprint density at radius 1 is 1.39 bits per heavy atom. The highest BCUT2D eigenvalue weighted by Crippen LogP contribution is 2.20. The Bertz CT molecular complexity index is 572. The molecule has 1 aliphatic heterocycles. The first kappa shape index (κ1) is 11.6. The number of piperidine rings is 1. The van der Waals surface area contributed by atoms with Crippen molar-refractivity contribution in [2.45, 2.75) is 18.1 Å². The smallest absolute Gasteiger partial charge is 0.256 e. The lowest BCUT2D eigenvalue weighted by Gasteiger charge is -2.29. The molecule has 0 spiro atoms. The minimum atomic E-state index is 0.0768. The summed E-state index contributed by atoms with van der Waals surface area (Å²) in [5, 5.41) is 0.426. The number of hydrogen-bond acceptors (Lipinski definition) is 3. The van der Waals surface area contributed by atoms with E-state index in [-0.39, 0.29) is 5.91 Å². The first-order valence-electron chi connectivity index (χ1n) is 6.15. The maximum atomic E-state index is 12.5. The highest BCUT2D eigenvalue weighted by molar-refractivity contribution is 7.80. The van der Waals surface area contributed by atoms with Gasteiger partial charge < -0.3 is 9.88 Å². The number of carbonyl (C=O) groups excluding carboxylic acids is 1. The standard InChI is InChI=1S/C13H15N3OS/c17-13(16-6-4-9(18)5-7-16)10-2-1-3-11-12(10)15-8-14-11/h1-3,8-9,18H,4-7H2,(H,14,15). The van der Waals surface area contributed by atoms with Crippen molar-refractivity contribution in [2.24, 2.45) is 0 Å². The Kier molecular flexibility index (Phi) is 2.99. The van der Waals surface area contributed by atoms with Gasteiger partial charge in [0.25, 0.3) is 5.91 Å². The summed E-state index contributed by atoms with van der Waals surface area (Å²) < 4.78 is 0. The summed E-state index contributed by atoms with van der Waals surface area (Å²) in [7, 11) is 0. The summed E-state index contributed by atoms with van der Waals surface area (Å²) in [5.41, 5.74) is 2.35. The summed E-state index contributed by atoms with van der Waals surface area (Å²) in [6.45, 7) is 1.57. The summed E-state index contributed by atoms with van der Waals surface area (Å²) >= 11 is 4.45. The second-order valence-electron chi connectivity index (χ2n) is 4.63. The third-order valence-corrected chi connectivity index (χ3v) is 3.95. The monoisotopic (exact) mass is 261 g/mol. The Hall–Kier alpha value is -1.49. The van der Waals surface area contributed by atoms with E-state index in [4.69, 9.17) is 0 Å². The number of para-hydroxylation sites is 1. The predicted molar refractivity (Wildman–Crippen MR) is 74.0 cm³/mol. The van der Waals surface area contributed by atoms with Crippen molar-refractivity contribution in [2.75, 3.05) is 13.1 Å². The fourth-order valence-electron chi connectivity index (χ4n) is 2.38. The summed E-state index contributed by atoms with van der Waals surface area (Å²) in [5.74, 6) is 0.0768. The number of rotatable bonds is 1. The van der Waals surface area contributed by atoms with E-state index in [0.717, 1.165) is 37.0 Å². The number of benzene rings is 1. The van der Waals surface area contributed by atoms with Crippen LogP contribution in [0.1, 0.15) is 23.2 Å². The molecule has 1 N–H and O–H groups in total. The lowest BCUT2D eigenvalue weighted by Crippen LogP contribution is -2.38. The molecule has 1 saturated heterocycles. The highest BCUT2D eigenvalue weighted by Gasteiger charge is 2.23. The summed E-state index contributed by atoms with van der Waals surface area (Å²) in [6.07, 6.45) is 3.55. The van der Waals surface area contributed by atoms with E-state index in [1.165, 1.54) is 0 Å². The number of imidazole rings is 1. The fourth-order valence-corrected chi connectivity index (χ4v) is 2.61. The van der Waals surface area contributed by atoms with Crippen LogP contribution in [0.25, 0.3) is 11.0 Å². The van der Waals surface area contributed by atoms with E-state index in [0.29, 0.717) is 10.8 Å². The number of hydrogen-bond donors (Lipinski definition) is 2. The SMILES string of the molecule is O=C(c1cccc2[nH]cnc12)N1CCC(S)CC1. The van der Waals surface area contributed by atoms with Gasteiger partial charge in [-0.25, -0.2) is 4.98 Å². The molecule has 4 nitrogen and oxygen atoms in total. The molecular weight excluding hydrogens is 246 g/mol. The number of fused-ring (bicyclic) bond motifs is 1. The summed E-state index contributed by atoms with van der Waals surface area (Å²) in [4.78, 5) is 21.6. The van der Waals surface area contributed by atoms with Gasteiger partial charge in [0.15, 0.2) is 0 Å². The maximum absolute atomic E-state index is 12.5. The van der Waals surface area contributed by atoms with Crippen molar-refractivity contribution in [1.29, 1.82) is 0 Å². The number of nitrogens with one attached hydrogen (secondary N) is 1. The topological polar surface area (TPSA) is 49.0 Å². The minimum Gasteiger partial charge on any atom is -0.345 e. The van der Waals surface area contributed by atoms with Gasteiger partial charge >= 0.3 is 0 Å². The molecule has 2 aromatic rings. The molecule has 1 fully saturated rings. The van der Waals surface area contributed by atoms with Crippen LogP contribution in [0, 0.1) is 0 Å². The van der Waals surface area contributed by atoms with Gasteiger partial charge in [0.2, 0.25) is 0 Å². The van der Waals surface area contributed by atoms with Gasteiger partial charge in [-0.05, 0) is 25.0 Å². The fraction of sp³-hybridized carbons (Fsp3) is 0.385. The molecule has 0 radical (unpaired) electrons. The Balaban J connectivity index is 1.90. The molecule has 2 heterocycles. The van der Waals surface area contributed by atoms with E-state index in [9.17, 15) is 4.79 Å². The van der Waals surface area contributed by atoms with E-state index in [2.05, 4.69) is 22.6 Å². The molecule has 0 saturated carbocycles. The van der Waals surface area contributed by atoms with Crippen LogP contribution < -0.4 is 0 Å². The molecule has 3 rings (SSSR count).